The lowest BCUT2D eigenvalue weighted by Gasteiger charge is -2.27. The van der Waals surface area contributed by atoms with Gasteiger partial charge in [-0.05, 0) is 19.3 Å². The van der Waals surface area contributed by atoms with Crippen LogP contribution in [0.3, 0.4) is 0 Å². The Balaban J connectivity index is 1.73. The van der Waals surface area contributed by atoms with E-state index in [1.165, 1.54) is 6.42 Å². The van der Waals surface area contributed by atoms with Gasteiger partial charge in [-0.15, -0.1) is 0 Å². The second-order valence-electron chi connectivity index (χ2n) is 6.89. The summed E-state index contributed by atoms with van der Waals surface area (Å²) in [5.74, 6) is -0.854. The van der Waals surface area contributed by atoms with E-state index in [0.717, 1.165) is 31.7 Å². The molecule has 130 valence electrons. The average Bonchev–Trinajstić information content (AvgIpc) is 3.07. The van der Waals surface area contributed by atoms with E-state index in [1.807, 2.05) is 6.08 Å². The second-order valence-corrected chi connectivity index (χ2v) is 6.89. The number of allylic oxidation sites excluding steroid dienone is 4. The van der Waals surface area contributed by atoms with Gasteiger partial charge in [0.25, 0.3) is 0 Å². The molecule has 1 aromatic rings. The highest BCUT2D eigenvalue weighted by Crippen LogP contribution is 2.38. The maximum atomic E-state index is 12.7. The zero-order chi connectivity index (χ0) is 17.4. The fraction of sp³-hybridized carbons (Fsp3) is 0.556. The molecule has 2 aliphatic rings. The lowest BCUT2D eigenvalue weighted by atomic mass is 9.76. The van der Waals surface area contributed by atoms with Gasteiger partial charge in [0, 0.05) is 23.0 Å². The van der Waals surface area contributed by atoms with Gasteiger partial charge in [0.15, 0.2) is 5.78 Å². The monoisotopic (exact) mass is 339 g/mol. The van der Waals surface area contributed by atoms with Crippen molar-refractivity contribution in [2.75, 3.05) is 0 Å². The number of halogens is 3. The smallest absolute Gasteiger partial charge is 0.351 e. The Bertz CT molecular complexity index is 681. The van der Waals surface area contributed by atoms with Crippen LogP contribution in [0.25, 0.3) is 0 Å². The summed E-state index contributed by atoms with van der Waals surface area (Å²) in [6, 6.07) is 0.937. The minimum absolute atomic E-state index is 0.0860. The maximum Gasteiger partial charge on any atom is 0.452 e. The highest BCUT2D eigenvalue weighted by atomic mass is 19.4. The normalized spacial score (nSPS) is 25.6. The first kappa shape index (κ1) is 17.0. The van der Waals surface area contributed by atoms with Crippen molar-refractivity contribution in [3.8, 4) is 0 Å². The first-order chi connectivity index (χ1) is 11.3. The van der Waals surface area contributed by atoms with Crippen LogP contribution in [-0.4, -0.2) is 10.9 Å². The van der Waals surface area contributed by atoms with E-state index in [2.05, 4.69) is 9.68 Å². The fourth-order valence-corrected chi connectivity index (χ4v) is 3.38. The van der Waals surface area contributed by atoms with E-state index >= 15 is 0 Å². The Morgan fingerprint density at radius 1 is 1.29 bits per heavy atom. The molecule has 0 saturated heterocycles. The number of nitrogens with zero attached hydrogens (tertiary/aromatic N) is 1. The SMILES string of the molecule is CC1(c2cc(C(F)(F)F)on2)C=CC(C(=O)C2CCCCC2)=CC1. The van der Waals surface area contributed by atoms with Gasteiger partial charge in [-0.3, -0.25) is 4.79 Å². The summed E-state index contributed by atoms with van der Waals surface area (Å²) in [6.07, 6.45) is 6.42. The van der Waals surface area contributed by atoms with Crippen molar-refractivity contribution >= 4 is 5.78 Å². The Morgan fingerprint density at radius 2 is 2.00 bits per heavy atom. The number of Topliss-reactive ketones (excluding diaryl/α,β-unsaturated/α-hetero) is 1. The van der Waals surface area contributed by atoms with Gasteiger partial charge in [0.1, 0.15) is 0 Å². The number of carbonyl (C=O) groups is 1. The summed E-state index contributed by atoms with van der Waals surface area (Å²) in [4.78, 5) is 12.5. The lowest BCUT2D eigenvalue weighted by Crippen LogP contribution is -2.24. The van der Waals surface area contributed by atoms with E-state index in [1.54, 1.807) is 19.1 Å². The van der Waals surface area contributed by atoms with E-state index in [-0.39, 0.29) is 17.4 Å². The van der Waals surface area contributed by atoms with Crippen LogP contribution in [0.4, 0.5) is 13.2 Å². The molecule has 6 heteroatoms. The van der Waals surface area contributed by atoms with Crippen molar-refractivity contribution in [1.82, 2.24) is 5.16 Å². The summed E-state index contributed by atoms with van der Waals surface area (Å²) < 4.78 is 42.4. The van der Waals surface area contributed by atoms with Crippen molar-refractivity contribution in [2.45, 2.75) is 57.0 Å². The van der Waals surface area contributed by atoms with Crippen molar-refractivity contribution < 1.29 is 22.5 Å². The molecule has 1 heterocycles. The predicted octanol–water partition coefficient (Wildman–Crippen LogP) is 4.99. The fourth-order valence-electron chi connectivity index (χ4n) is 3.38. The van der Waals surface area contributed by atoms with Crippen LogP contribution in [0.2, 0.25) is 0 Å². The average molecular weight is 339 g/mol. The second kappa shape index (κ2) is 6.22. The van der Waals surface area contributed by atoms with E-state index in [0.29, 0.717) is 12.0 Å². The van der Waals surface area contributed by atoms with Crippen LogP contribution in [0, 0.1) is 5.92 Å². The van der Waals surface area contributed by atoms with E-state index < -0.39 is 17.4 Å². The van der Waals surface area contributed by atoms with Crippen LogP contribution in [0.15, 0.2) is 34.4 Å². The molecule has 0 radical (unpaired) electrons. The minimum Gasteiger partial charge on any atom is -0.351 e. The first-order valence-corrected chi connectivity index (χ1v) is 8.28. The van der Waals surface area contributed by atoms with Crippen LogP contribution in [0.1, 0.15) is 56.9 Å². The largest absolute Gasteiger partial charge is 0.452 e. The summed E-state index contributed by atoms with van der Waals surface area (Å²) >= 11 is 0. The highest BCUT2D eigenvalue weighted by molar-refractivity contribution is 6.00. The highest BCUT2D eigenvalue weighted by Gasteiger charge is 2.39. The summed E-state index contributed by atoms with van der Waals surface area (Å²) in [5, 5.41) is 3.58. The van der Waals surface area contributed by atoms with Crippen LogP contribution < -0.4 is 0 Å². The van der Waals surface area contributed by atoms with Crippen molar-refractivity contribution in [2.24, 2.45) is 5.92 Å². The number of carbonyl (C=O) groups excluding carboxylic acids is 1. The molecule has 0 aromatic carbocycles. The number of hydrogen-bond acceptors (Lipinski definition) is 3. The molecule has 0 amide bonds. The third-order valence-corrected chi connectivity index (χ3v) is 5.01. The lowest BCUT2D eigenvalue weighted by molar-refractivity contribution is -0.155. The summed E-state index contributed by atoms with van der Waals surface area (Å²) in [7, 11) is 0. The quantitative estimate of drug-likeness (QED) is 0.779. The van der Waals surface area contributed by atoms with Crippen molar-refractivity contribution in [3.05, 3.63) is 41.3 Å². The topological polar surface area (TPSA) is 43.1 Å². The van der Waals surface area contributed by atoms with Crippen molar-refractivity contribution in [3.63, 3.8) is 0 Å². The molecule has 0 bridgehead atoms. The van der Waals surface area contributed by atoms with E-state index in [9.17, 15) is 18.0 Å². The third-order valence-electron chi connectivity index (χ3n) is 5.01. The Hall–Kier alpha value is -1.85. The minimum atomic E-state index is -4.54. The number of ketones is 1. The van der Waals surface area contributed by atoms with Gasteiger partial charge in [-0.25, -0.2) is 0 Å². The number of aromatic nitrogens is 1. The van der Waals surface area contributed by atoms with Gasteiger partial charge in [0.2, 0.25) is 5.76 Å². The first-order valence-electron chi connectivity index (χ1n) is 8.28. The number of rotatable bonds is 3. The Kier molecular flexibility index (Phi) is 4.40. The molecule has 1 atom stereocenters. The standard InChI is InChI=1S/C18H20F3NO2/c1-17(14-11-15(24-22-14)18(19,20)21)9-7-13(8-10-17)16(23)12-5-3-2-4-6-12/h7-9,11-12H,2-6,10H2,1H3. The zero-order valence-corrected chi connectivity index (χ0v) is 13.5. The molecule has 2 aliphatic carbocycles. The molecular weight excluding hydrogens is 319 g/mol. The van der Waals surface area contributed by atoms with Crippen LogP contribution in [0.5, 0.6) is 0 Å². The van der Waals surface area contributed by atoms with Gasteiger partial charge in [0.05, 0.1) is 5.69 Å². The van der Waals surface area contributed by atoms with E-state index in [4.69, 9.17) is 0 Å². The summed E-state index contributed by atoms with van der Waals surface area (Å²) in [6.45, 7) is 1.79. The molecule has 0 aliphatic heterocycles. The molecule has 0 N–H and O–H groups in total. The van der Waals surface area contributed by atoms with Crippen molar-refractivity contribution in [1.29, 1.82) is 0 Å². The Morgan fingerprint density at radius 3 is 2.54 bits per heavy atom. The molecule has 3 rings (SSSR count). The number of hydrogen-bond donors (Lipinski definition) is 0. The number of alkyl halides is 3. The van der Waals surface area contributed by atoms with Gasteiger partial charge in [-0.1, -0.05) is 49.6 Å². The maximum absolute atomic E-state index is 12.7. The van der Waals surface area contributed by atoms with Gasteiger partial charge < -0.3 is 4.52 Å². The van der Waals surface area contributed by atoms with Crippen LogP contribution >= 0.6 is 0 Å². The molecule has 1 saturated carbocycles. The molecule has 0 spiro atoms. The molecule has 3 nitrogen and oxygen atoms in total. The van der Waals surface area contributed by atoms with Gasteiger partial charge >= 0.3 is 6.18 Å². The molecular formula is C18H20F3NO2. The third kappa shape index (κ3) is 3.32. The Labute approximate surface area is 138 Å². The molecule has 1 fully saturated rings. The molecule has 1 aromatic heterocycles. The summed E-state index contributed by atoms with van der Waals surface area (Å²) in [5.41, 5.74) is 0.203. The van der Waals surface area contributed by atoms with Gasteiger partial charge in [-0.2, -0.15) is 13.2 Å². The zero-order valence-electron chi connectivity index (χ0n) is 13.5. The predicted molar refractivity (Wildman–Crippen MR) is 82.3 cm³/mol. The molecule has 1 unspecified atom stereocenters. The molecule has 24 heavy (non-hydrogen) atoms. The van der Waals surface area contributed by atoms with Crippen LogP contribution in [-0.2, 0) is 16.4 Å².